The van der Waals surface area contributed by atoms with Crippen LogP contribution in [0.2, 0.25) is 0 Å². The van der Waals surface area contributed by atoms with E-state index in [2.05, 4.69) is 36.5 Å². The number of benzene rings is 1. The maximum absolute atomic E-state index is 10.9. The molecule has 1 unspecified atom stereocenters. The van der Waals surface area contributed by atoms with Crippen LogP contribution in [0.15, 0.2) is 24.3 Å². The number of ketones is 1. The highest BCUT2D eigenvalue weighted by atomic mass is 16.1. The lowest BCUT2D eigenvalue weighted by molar-refractivity contribution is -0.117. The Bertz CT molecular complexity index is 356. The molecule has 0 radical (unpaired) electrons. The minimum atomic E-state index is 0.285. The van der Waals surface area contributed by atoms with Crippen LogP contribution in [0.3, 0.4) is 0 Å². The molecule has 1 rings (SSSR count). The summed E-state index contributed by atoms with van der Waals surface area (Å²) in [6.07, 6.45) is 4.95. The number of Topliss-reactive ketones (excluding diaryl/α,β-unsaturated/α-hetero) is 1. The summed E-state index contributed by atoms with van der Waals surface area (Å²) in [5.41, 5.74) is 2.73. The molecule has 0 heterocycles. The van der Waals surface area contributed by atoms with Gasteiger partial charge in [0, 0.05) is 12.5 Å². The molecule has 2 nitrogen and oxygen atoms in total. The highest BCUT2D eigenvalue weighted by Gasteiger charge is 2.00. The van der Waals surface area contributed by atoms with Crippen LogP contribution in [0.4, 0.5) is 0 Å². The smallest absolute Gasteiger partial charge is 0.129 e. The van der Waals surface area contributed by atoms with E-state index in [0.717, 1.165) is 19.3 Å². The summed E-state index contributed by atoms with van der Waals surface area (Å²) in [7, 11) is 2.00. The van der Waals surface area contributed by atoms with Crippen molar-refractivity contribution in [3.63, 3.8) is 0 Å². The second kappa shape index (κ2) is 8.04. The van der Waals surface area contributed by atoms with Gasteiger partial charge in [0.1, 0.15) is 5.78 Å². The molecular weight excluding hydrogens is 222 g/mol. The average molecular weight is 247 g/mol. The fourth-order valence-corrected chi connectivity index (χ4v) is 1.94. The number of hydrogen-bond donors (Lipinski definition) is 1. The minimum absolute atomic E-state index is 0.285. The van der Waals surface area contributed by atoms with Gasteiger partial charge in [-0.3, -0.25) is 0 Å². The van der Waals surface area contributed by atoms with E-state index in [1.807, 2.05) is 7.05 Å². The molecule has 0 saturated heterocycles. The van der Waals surface area contributed by atoms with E-state index in [4.69, 9.17) is 0 Å². The van der Waals surface area contributed by atoms with Gasteiger partial charge in [-0.25, -0.2) is 0 Å². The third-order valence-corrected chi connectivity index (χ3v) is 3.38. The van der Waals surface area contributed by atoms with Crippen LogP contribution in [0, 0.1) is 0 Å². The van der Waals surface area contributed by atoms with Crippen molar-refractivity contribution < 1.29 is 4.79 Å². The van der Waals surface area contributed by atoms with Crippen molar-refractivity contribution in [3.8, 4) is 0 Å². The predicted octanol–water partition coefficient (Wildman–Crippen LogP) is 3.14. The van der Waals surface area contributed by atoms with Crippen molar-refractivity contribution in [3.05, 3.63) is 35.4 Å². The molecule has 0 aliphatic heterocycles. The molecule has 0 aliphatic rings. The van der Waals surface area contributed by atoms with Gasteiger partial charge in [-0.15, -0.1) is 0 Å². The van der Waals surface area contributed by atoms with E-state index in [-0.39, 0.29) is 5.78 Å². The molecule has 0 fully saturated rings. The molecule has 0 aromatic heterocycles. The number of hydrogen-bond acceptors (Lipinski definition) is 2. The standard InChI is InChI=1S/C16H25NO/c1-13(17-3)7-8-16-11-9-15(10-12-16)6-4-5-14(2)18/h9-13,17H,4-8H2,1-3H3. The predicted molar refractivity (Wildman–Crippen MR) is 76.9 cm³/mol. The van der Waals surface area contributed by atoms with Gasteiger partial charge in [-0.1, -0.05) is 24.3 Å². The van der Waals surface area contributed by atoms with Gasteiger partial charge in [-0.05, 0) is 57.7 Å². The zero-order valence-electron chi connectivity index (χ0n) is 11.8. The second-order valence-electron chi connectivity index (χ2n) is 5.10. The van der Waals surface area contributed by atoms with E-state index in [0.29, 0.717) is 12.5 Å². The highest BCUT2D eigenvalue weighted by molar-refractivity contribution is 5.75. The Morgan fingerprint density at radius 3 is 2.22 bits per heavy atom. The first-order chi connectivity index (χ1) is 8.61. The monoisotopic (exact) mass is 247 g/mol. The molecule has 0 saturated carbocycles. The highest BCUT2D eigenvalue weighted by Crippen LogP contribution is 2.10. The van der Waals surface area contributed by atoms with Crippen molar-refractivity contribution in [1.82, 2.24) is 5.32 Å². The van der Waals surface area contributed by atoms with Crippen molar-refractivity contribution in [2.24, 2.45) is 0 Å². The summed E-state index contributed by atoms with van der Waals surface area (Å²) in [6, 6.07) is 9.39. The third kappa shape index (κ3) is 5.97. The maximum atomic E-state index is 10.9. The van der Waals surface area contributed by atoms with E-state index in [9.17, 15) is 4.79 Å². The number of carbonyl (C=O) groups excluding carboxylic acids is 1. The molecule has 0 bridgehead atoms. The largest absolute Gasteiger partial charge is 0.317 e. The molecule has 1 N–H and O–H groups in total. The summed E-state index contributed by atoms with van der Waals surface area (Å²) in [5, 5.41) is 3.25. The number of rotatable bonds is 8. The van der Waals surface area contributed by atoms with Gasteiger partial charge in [-0.2, -0.15) is 0 Å². The lowest BCUT2D eigenvalue weighted by atomic mass is 10.0. The van der Waals surface area contributed by atoms with Gasteiger partial charge in [0.05, 0.1) is 0 Å². The number of carbonyl (C=O) groups is 1. The Balaban J connectivity index is 2.35. The van der Waals surface area contributed by atoms with Crippen LogP contribution >= 0.6 is 0 Å². The topological polar surface area (TPSA) is 29.1 Å². The molecule has 2 heteroatoms. The van der Waals surface area contributed by atoms with Gasteiger partial charge >= 0.3 is 0 Å². The van der Waals surface area contributed by atoms with Gasteiger partial charge < -0.3 is 10.1 Å². The Kier molecular flexibility index (Phi) is 6.66. The summed E-state index contributed by atoms with van der Waals surface area (Å²) in [5.74, 6) is 0.285. The zero-order valence-corrected chi connectivity index (χ0v) is 11.8. The molecular formula is C16H25NO. The molecule has 1 aromatic rings. The first kappa shape index (κ1) is 14.9. The molecule has 1 atom stereocenters. The SMILES string of the molecule is CNC(C)CCc1ccc(CCCC(C)=O)cc1. The Morgan fingerprint density at radius 2 is 1.72 bits per heavy atom. The minimum Gasteiger partial charge on any atom is -0.317 e. The first-order valence-electron chi connectivity index (χ1n) is 6.86. The van der Waals surface area contributed by atoms with Crippen LogP contribution in [0.5, 0.6) is 0 Å². The fourth-order valence-electron chi connectivity index (χ4n) is 1.94. The molecule has 0 aliphatic carbocycles. The summed E-state index contributed by atoms with van der Waals surface area (Å²) < 4.78 is 0. The average Bonchev–Trinajstić information content (AvgIpc) is 2.37. The van der Waals surface area contributed by atoms with Crippen LogP contribution in [0.1, 0.15) is 44.2 Å². The quantitative estimate of drug-likeness (QED) is 0.764. The zero-order chi connectivity index (χ0) is 13.4. The van der Waals surface area contributed by atoms with Crippen LogP contribution in [0.25, 0.3) is 0 Å². The summed E-state index contributed by atoms with van der Waals surface area (Å²) in [4.78, 5) is 10.9. The molecule has 100 valence electrons. The molecule has 18 heavy (non-hydrogen) atoms. The Hall–Kier alpha value is -1.15. The molecule has 1 aromatic carbocycles. The first-order valence-corrected chi connectivity index (χ1v) is 6.86. The third-order valence-electron chi connectivity index (χ3n) is 3.38. The van der Waals surface area contributed by atoms with Crippen molar-refractivity contribution in [1.29, 1.82) is 0 Å². The summed E-state index contributed by atoms with van der Waals surface area (Å²) >= 11 is 0. The van der Waals surface area contributed by atoms with Crippen molar-refractivity contribution in [2.45, 2.75) is 52.0 Å². The Morgan fingerprint density at radius 1 is 1.17 bits per heavy atom. The summed E-state index contributed by atoms with van der Waals surface area (Å²) in [6.45, 7) is 3.86. The van der Waals surface area contributed by atoms with Crippen LogP contribution < -0.4 is 5.32 Å². The van der Waals surface area contributed by atoms with Crippen molar-refractivity contribution in [2.75, 3.05) is 7.05 Å². The second-order valence-corrected chi connectivity index (χ2v) is 5.10. The Labute approximate surface area is 111 Å². The molecule has 0 spiro atoms. The lowest BCUT2D eigenvalue weighted by Gasteiger charge is -2.10. The fraction of sp³-hybridized carbons (Fsp3) is 0.562. The molecule has 0 amide bonds. The van der Waals surface area contributed by atoms with Gasteiger partial charge in [0.25, 0.3) is 0 Å². The van der Waals surface area contributed by atoms with E-state index in [1.54, 1.807) is 6.92 Å². The van der Waals surface area contributed by atoms with Crippen LogP contribution in [-0.2, 0) is 17.6 Å². The van der Waals surface area contributed by atoms with E-state index in [1.165, 1.54) is 17.5 Å². The maximum Gasteiger partial charge on any atom is 0.129 e. The lowest BCUT2D eigenvalue weighted by Crippen LogP contribution is -2.21. The number of nitrogens with one attached hydrogen (secondary N) is 1. The number of aryl methyl sites for hydroxylation is 2. The van der Waals surface area contributed by atoms with Gasteiger partial charge in [0.15, 0.2) is 0 Å². The van der Waals surface area contributed by atoms with Crippen LogP contribution in [-0.4, -0.2) is 18.9 Å². The normalized spacial score (nSPS) is 12.4. The van der Waals surface area contributed by atoms with E-state index < -0.39 is 0 Å². The van der Waals surface area contributed by atoms with Gasteiger partial charge in [0.2, 0.25) is 0 Å². The van der Waals surface area contributed by atoms with E-state index >= 15 is 0 Å². The van der Waals surface area contributed by atoms with Crippen molar-refractivity contribution >= 4 is 5.78 Å².